The summed E-state index contributed by atoms with van der Waals surface area (Å²) in [6, 6.07) is 7.67. The van der Waals surface area contributed by atoms with Gasteiger partial charge in [0, 0.05) is 18.0 Å². The fourth-order valence-electron chi connectivity index (χ4n) is 1.50. The molecule has 4 heteroatoms. The lowest BCUT2D eigenvalue weighted by atomic mass is 10.1. The van der Waals surface area contributed by atoms with Gasteiger partial charge in [0.15, 0.2) is 5.15 Å². The van der Waals surface area contributed by atoms with Gasteiger partial charge in [-0.25, -0.2) is 4.98 Å². The lowest BCUT2D eigenvalue weighted by Gasteiger charge is -2.10. The third-order valence-corrected chi connectivity index (χ3v) is 2.41. The van der Waals surface area contributed by atoms with E-state index in [2.05, 4.69) is 9.97 Å². The summed E-state index contributed by atoms with van der Waals surface area (Å²) in [7, 11) is 0. The molecule has 1 aromatic heterocycles. The molecule has 0 amide bonds. The zero-order chi connectivity index (χ0) is 12.3. The molecule has 0 spiro atoms. The number of halogens is 1. The highest BCUT2D eigenvalue weighted by atomic mass is 35.5. The van der Waals surface area contributed by atoms with Gasteiger partial charge in [-0.2, -0.15) is 0 Å². The van der Waals surface area contributed by atoms with Crippen molar-refractivity contribution in [1.29, 1.82) is 0 Å². The molecule has 0 radical (unpaired) electrons. The Morgan fingerprint density at radius 3 is 2.65 bits per heavy atom. The Morgan fingerprint density at radius 2 is 1.94 bits per heavy atom. The van der Waals surface area contributed by atoms with Crippen molar-refractivity contribution in [2.24, 2.45) is 0 Å². The SMILES string of the molecule is CC(C)Oc1cccc(-c2nccnc2Cl)c1. The van der Waals surface area contributed by atoms with Gasteiger partial charge in [0.05, 0.1) is 6.10 Å². The van der Waals surface area contributed by atoms with Gasteiger partial charge in [0.2, 0.25) is 0 Å². The molecule has 1 aromatic carbocycles. The van der Waals surface area contributed by atoms with Crippen LogP contribution in [0.5, 0.6) is 5.75 Å². The quantitative estimate of drug-likeness (QED) is 0.833. The Labute approximate surface area is 105 Å². The van der Waals surface area contributed by atoms with Crippen LogP contribution in [0.3, 0.4) is 0 Å². The molecular weight excluding hydrogens is 236 g/mol. The maximum Gasteiger partial charge on any atom is 0.155 e. The molecule has 0 fully saturated rings. The fourth-order valence-corrected chi connectivity index (χ4v) is 1.72. The van der Waals surface area contributed by atoms with Crippen molar-refractivity contribution in [3.05, 3.63) is 41.8 Å². The summed E-state index contributed by atoms with van der Waals surface area (Å²) in [5, 5.41) is 0.397. The smallest absolute Gasteiger partial charge is 0.155 e. The summed E-state index contributed by atoms with van der Waals surface area (Å²) in [6.07, 6.45) is 3.33. The van der Waals surface area contributed by atoms with Crippen LogP contribution >= 0.6 is 11.6 Å². The molecule has 0 aliphatic rings. The van der Waals surface area contributed by atoms with Crippen LogP contribution in [-0.4, -0.2) is 16.1 Å². The number of hydrogen-bond acceptors (Lipinski definition) is 3. The topological polar surface area (TPSA) is 35.0 Å². The van der Waals surface area contributed by atoms with Crippen LogP contribution in [0.2, 0.25) is 5.15 Å². The standard InChI is InChI=1S/C13H13ClN2O/c1-9(2)17-11-5-3-4-10(8-11)12-13(14)16-7-6-15-12/h3-9H,1-2H3. The first-order valence-electron chi connectivity index (χ1n) is 5.40. The third kappa shape index (κ3) is 2.94. The van der Waals surface area contributed by atoms with E-state index < -0.39 is 0 Å². The van der Waals surface area contributed by atoms with E-state index in [9.17, 15) is 0 Å². The largest absolute Gasteiger partial charge is 0.491 e. The molecule has 0 atom stereocenters. The summed E-state index contributed by atoms with van der Waals surface area (Å²) < 4.78 is 5.62. The molecule has 3 nitrogen and oxygen atoms in total. The van der Waals surface area contributed by atoms with Crippen LogP contribution in [-0.2, 0) is 0 Å². The average molecular weight is 249 g/mol. The minimum atomic E-state index is 0.141. The molecule has 0 bridgehead atoms. The van der Waals surface area contributed by atoms with Gasteiger partial charge in [-0.1, -0.05) is 23.7 Å². The lowest BCUT2D eigenvalue weighted by Crippen LogP contribution is -2.05. The first-order valence-corrected chi connectivity index (χ1v) is 5.78. The van der Waals surface area contributed by atoms with Crippen molar-refractivity contribution in [2.45, 2.75) is 20.0 Å². The minimum absolute atomic E-state index is 0.141. The second kappa shape index (κ2) is 5.15. The van der Waals surface area contributed by atoms with Gasteiger partial charge in [0.1, 0.15) is 11.4 Å². The molecule has 0 saturated carbocycles. The summed E-state index contributed by atoms with van der Waals surface area (Å²) in [6.45, 7) is 3.98. The van der Waals surface area contributed by atoms with Gasteiger partial charge in [-0.3, -0.25) is 4.98 Å². The highest BCUT2D eigenvalue weighted by molar-refractivity contribution is 6.31. The predicted molar refractivity (Wildman–Crippen MR) is 68.2 cm³/mol. The molecule has 0 aliphatic heterocycles. The summed E-state index contributed by atoms with van der Waals surface area (Å²) in [5.74, 6) is 0.805. The summed E-state index contributed by atoms with van der Waals surface area (Å²) >= 11 is 6.00. The molecule has 2 rings (SSSR count). The van der Waals surface area contributed by atoms with Crippen molar-refractivity contribution in [3.8, 4) is 17.0 Å². The average Bonchev–Trinajstić information content (AvgIpc) is 2.29. The third-order valence-electron chi connectivity index (χ3n) is 2.13. The number of benzene rings is 1. The Morgan fingerprint density at radius 1 is 1.18 bits per heavy atom. The fraction of sp³-hybridized carbons (Fsp3) is 0.231. The summed E-state index contributed by atoms with van der Waals surface area (Å²) in [5.41, 5.74) is 1.57. The first-order chi connectivity index (χ1) is 8.16. The van der Waals surface area contributed by atoms with E-state index in [1.165, 1.54) is 0 Å². The number of aromatic nitrogens is 2. The van der Waals surface area contributed by atoms with Gasteiger partial charge >= 0.3 is 0 Å². The Balaban J connectivity index is 2.37. The van der Waals surface area contributed by atoms with Gasteiger partial charge < -0.3 is 4.74 Å². The number of rotatable bonds is 3. The van der Waals surface area contributed by atoms with Crippen LogP contribution in [0.4, 0.5) is 0 Å². The molecule has 17 heavy (non-hydrogen) atoms. The van der Waals surface area contributed by atoms with Crippen LogP contribution in [0, 0.1) is 0 Å². The van der Waals surface area contributed by atoms with Gasteiger partial charge in [-0.05, 0) is 26.0 Å². The highest BCUT2D eigenvalue weighted by Gasteiger charge is 2.07. The zero-order valence-electron chi connectivity index (χ0n) is 9.72. The van der Waals surface area contributed by atoms with Crippen molar-refractivity contribution in [3.63, 3.8) is 0 Å². The number of nitrogens with zero attached hydrogens (tertiary/aromatic N) is 2. The zero-order valence-corrected chi connectivity index (χ0v) is 10.5. The van der Waals surface area contributed by atoms with Crippen molar-refractivity contribution in [2.75, 3.05) is 0 Å². The van der Waals surface area contributed by atoms with Gasteiger partial charge in [0.25, 0.3) is 0 Å². The molecule has 1 heterocycles. The molecule has 2 aromatic rings. The monoisotopic (exact) mass is 248 g/mol. The van der Waals surface area contributed by atoms with Crippen LogP contribution < -0.4 is 4.74 Å². The minimum Gasteiger partial charge on any atom is -0.491 e. The van der Waals surface area contributed by atoms with Crippen LogP contribution in [0.25, 0.3) is 11.3 Å². The van der Waals surface area contributed by atoms with E-state index in [1.807, 2.05) is 38.1 Å². The van der Waals surface area contributed by atoms with E-state index in [0.717, 1.165) is 11.3 Å². The molecule has 0 unspecified atom stereocenters. The van der Waals surface area contributed by atoms with E-state index in [1.54, 1.807) is 12.4 Å². The second-order valence-corrected chi connectivity index (χ2v) is 4.25. The van der Waals surface area contributed by atoms with Crippen LogP contribution in [0.1, 0.15) is 13.8 Å². The van der Waals surface area contributed by atoms with Crippen molar-refractivity contribution < 1.29 is 4.74 Å². The highest BCUT2D eigenvalue weighted by Crippen LogP contribution is 2.26. The summed E-state index contributed by atoms with van der Waals surface area (Å²) in [4.78, 5) is 8.23. The van der Waals surface area contributed by atoms with Crippen LogP contribution in [0.15, 0.2) is 36.7 Å². The van der Waals surface area contributed by atoms with E-state index in [-0.39, 0.29) is 6.10 Å². The predicted octanol–water partition coefficient (Wildman–Crippen LogP) is 3.58. The lowest BCUT2D eigenvalue weighted by molar-refractivity contribution is 0.242. The Kier molecular flexibility index (Phi) is 3.59. The molecular formula is C13H13ClN2O. The molecule has 88 valence electrons. The molecule has 0 aliphatic carbocycles. The van der Waals surface area contributed by atoms with Crippen molar-refractivity contribution >= 4 is 11.6 Å². The normalized spacial score (nSPS) is 10.6. The van der Waals surface area contributed by atoms with Crippen molar-refractivity contribution in [1.82, 2.24) is 9.97 Å². The van der Waals surface area contributed by atoms with Gasteiger partial charge in [-0.15, -0.1) is 0 Å². The number of hydrogen-bond donors (Lipinski definition) is 0. The Hall–Kier alpha value is -1.61. The second-order valence-electron chi connectivity index (χ2n) is 3.89. The van der Waals surface area contributed by atoms with E-state index in [0.29, 0.717) is 10.8 Å². The maximum absolute atomic E-state index is 6.00. The van der Waals surface area contributed by atoms with E-state index in [4.69, 9.17) is 16.3 Å². The molecule has 0 saturated heterocycles. The maximum atomic E-state index is 6.00. The number of ether oxygens (including phenoxy) is 1. The Bertz CT molecular complexity index is 514. The van der Waals surface area contributed by atoms with E-state index >= 15 is 0 Å². The first kappa shape index (κ1) is 11.9. The molecule has 0 N–H and O–H groups in total.